The molecule has 0 spiro atoms. The van der Waals surface area contributed by atoms with Gasteiger partial charge in [0.25, 0.3) is 5.91 Å². The highest BCUT2D eigenvalue weighted by molar-refractivity contribution is 6.31. The van der Waals surface area contributed by atoms with Gasteiger partial charge in [0, 0.05) is 48.5 Å². The van der Waals surface area contributed by atoms with Crippen LogP contribution in [0.4, 0.5) is 0 Å². The Bertz CT molecular complexity index is 821. The van der Waals surface area contributed by atoms with E-state index in [1.807, 2.05) is 12.1 Å². The second-order valence-electron chi connectivity index (χ2n) is 7.33. The summed E-state index contributed by atoms with van der Waals surface area (Å²) >= 11 is 5.99. The Hall–Kier alpha value is -1.76. The van der Waals surface area contributed by atoms with Crippen molar-refractivity contribution < 1.29 is 9.59 Å². The summed E-state index contributed by atoms with van der Waals surface area (Å²) in [5.74, 6) is 0.241. The molecule has 0 saturated heterocycles. The van der Waals surface area contributed by atoms with Crippen LogP contribution in [-0.4, -0.2) is 47.9 Å². The number of H-pyrrole nitrogens is 1. The Labute approximate surface area is 170 Å². The Morgan fingerprint density at radius 3 is 2.70 bits per heavy atom. The maximum atomic E-state index is 12.6. The lowest BCUT2D eigenvalue weighted by Crippen LogP contribution is -2.51. The molecule has 3 rings (SSSR count). The summed E-state index contributed by atoms with van der Waals surface area (Å²) in [6, 6.07) is 7.03. The van der Waals surface area contributed by atoms with Crippen LogP contribution in [0.1, 0.15) is 36.2 Å². The van der Waals surface area contributed by atoms with Crippen molar-refractivity contribution in [3.63, 3.8) is 0 Å². The molecule has 2 amide bonds. The monoisotopic (exact) mass is 412 g/mol. The first kappa shape index (κ1) is 21.5. The van der Waals surface area contributed by atoms with Gasteiger partial charge in [-0.05, 0) is 49.4 Å². The third kappa shape index (κ3) is 5.15. The van der Waals surface area contributed by atoms with E-state index < -0.39 is 0 Å². The lowest BCUT2D eigenvalue weighted by atomic mass is 9.81. The fraction of sp³-hybridized carbons (Fsp3) is 0.474. The molecule has 1 aromatic carbocycles. The quantitative estimate of drug-likeness (QED) is 0.720. The molecule has 1 aromatic heterocycles. The van der Waals surface area contributed by atoms with Crippen molar-refractivity contribution in [1.82, 2.24) is 15.2 Å². The standard InChI is InChI=1S/C19H25ClN4O2.ClH/c1-24(2)18(25)8-11-3-5-16(14(21)7-11)23-19(26)17-10-12-9-13(20)4-6-15(12)22-17;/h4,6,9-11,14,16,22H,3,5,7-8,21H2,1-2H3,(H,23,26);1H/t11-,14+,16-;/m1./s1. The summed E-state index contributed by atoms with van der Waals surface area (Å²) in [5, 5.41) is 4.57. The molecule has 6 nitrogen and oxygen atoms in total. The van der Waals surface area contributed by atoms with E-state index in [0.717, 1.165) is 30.2 Å². The van der Waals surface area contributed by atoms with Gasteiger partial charge in [-0.3, -0.25) is 9.59 Å². The number of fused-ring (bicyclic) bond motifs is 1. The largest absolute Gasteiger partial charge is 0.351 e. The number of nitrogens with zero attached hydrogens (tertiary/aromatic N) is 1. The Morgan fingerprint density at radius 2 is 2.04 bits per heavy atom. The lowest BCUT2D eigenvalue weighted by molar-refractivity contribution is -0.130. The summed E-state index contributed by atoms with van der Waals surface area (Å²) in [6.07, 6.45) is 2.93. The number of carbonyl (C=O) groups excluding carboxylic acids is 2. The molecule has 0 unspecified atom stereocenters. The SMILES string of the molecule is CN(C)C(=O)C[C@@H]1CC[C@@H](NC(=O)c2cc3cc(Cl)ccc3[nH]2)[C@@H](N)C1.Cl. The van der Waals surface area contributed by atoms with Crippen LogP contribution in [0, 0.1) is 5.92 Å². The molecular formula is C19H26Cl2N4O2. The maximum Gasteiger partial charge on any atom is 0.268 e. The van der Waals surface area contributed by atoms with E-state index in [1.54, 1.807) is 31.1 Å². The first-order valence-electron chi connectivity index (χ1n) is 8.88. The second-order valence-corrected chi connectivity index (χ2v) is 7.77. The minimum atomic E-state index is -0.166. The van der Waals surface area contributed by atoms with Crippen molar-refractivity contribution in [3.05, 3.63) is 35.0 Å². The fourth-order valence-electron chi connectivity index (χ4n) is 3.56. The van der Waals surface area contributed by atoms with E-state index in [2.05, 4.69) is 10.3 Å². The number of nitrogens with one attached hydrogen (secondary N) is 2. The fourth-order valence-corrected chi connectivity index (χ4v) is 3.74. The van der Waals surface area contributed by atoms with Gasteiger partial charge in [0.15, 0.2) is 0 Å². The second kappa shape index (κ2) is 8.95. The molecular weight excluding hydrogens is 387 g/mol. The van der Waals surface area contributed by atoms with Gasteiger partial charge in [0.05, 0.1) is 0 Å². The van der Waals surface area contributed by atoms with Crippen LogP contribution in [0.25, 0.3) is 10.9 Å². The molecule has 0 radical (unpaired) electrons. The molecule has 1 aliphatic carbocycles. The number of nitrogens with two attached hydrogens (primary N) is 1. The summed E-state index contributed by atoms with van der Waals surface area (Å²) in [5.41, 5.74) is 7.64. The summed E-state index contributed by atoms with van der Waals surface area (Å²) in [4.78, 5) is 29.2. The number of halogens is 2. The van der Waals surface area contributed by atoms with E-state index in [0.29, 0.717) is 17.1 Å². The number of carbonyl (C=O) groups is 2. The summed E-state index contributed by atoms with van der Waals surface area (Å²) in [6.45, 7) is 0. The van der Waals surface area contributed by atoms with Gasteiger partial charge in [-0.2, -0.15) is 0 Å². The van der Waals surface area contributed by atoms with Crippen molar-refractivity contribution in [2.24, 2.45) is 11.7 Å². The van der Waals surface area contributed by atoms with Crippen LogP contribution >= 0.6 is 24.0 Å². The van der Waals surface area contributed by atoms with Crippen LogP contribution in [0.2, 0.25) is 5.02 Å². The van der Waals surface area contributed by atoms with Crippen molar-refractivity contribution >= 4 is 46.7 Å². The third-order valence-electron chi connectivity index (χ3n) is 5.11. The molecule has 0 bridgehead atoms. The van der Waals surface area contributed by atoms with Gasteiger partial charge >= 0.3 is 0 Å². The third-order valence-corrected chi connectivity index (χ3v) is 5.35. The highest BCUT2D eigenvalue weighted by Gasteiger charge is 2.30. The van der Waals surface area contributed by atoms with E-state index >= 15 is 0 Å². The number of benzene rings is 1. The Kier molecular flexibility index (Phi) is 7.14. The topological polar surface area (TPSA) is 91.2 Å². The van der Waals surface area contributed by atoms with Gasteiger partial charge in [-0.25, -0.2) is 0 Å². The molecule has 1 fully saturated rings. The minimum absolute atomic E-state index is 0. The molecule has 1 saturated carbocycles. The van der Waals surface area contributed by atoms with Gasteiger partial charge in [-0.15, -0.1) is 12.4 Å². The molecule has 148 valence electrons. The maximum absolute atomic E-state index is 12.6. The van der Waals surface area contributed by atoms with E-state index in [9.17, 15) is 9.59 Å². The molecule has 2 aromatic rings. The van der Waals surface area contributed by atoms with Gasteiger partial charge in [-0.1, -0.05) is 11.6 Å². The smallest absolute Gasteiger partial charge is 0.268 e. The highest BCUT2D eigenvalue weighted by atomic mass is 35.5. The molecule has 8 heteroatoms. The molecule has 27 heavy (non-hydrogen) atoms. The predicted molar refractivity (Wildman–Crippen MR) is 110 cm³/mol. The zero-order chi connectivity index (χ0) is 18.8. The number of rotatable bonds is 4. The van der Waals surface area contributed by atoms with E-state index in [4.69, 9.17) is 17.3 Å². The predicted octanol–water partition coefficient (Wildman–Crippen LogP) is 2.95. The van der Waals surface area contributed by atoms with Crippen LogP contribution in [0.15, 0.2) is 24.3 Å². The Morgan fingerprint density at radius 1 is 1.30 bits per heavy atom. The molecule has 4 N–H and O–H groups in total. The average Bonchev–Trinajstić information content (AvgIpc) is 3.00. The highest BCUT2D eigenvalue weighted by Crippen LogP contribution is 2.27. The number of hydrogen-bond acceptors (Lipinski definition) is 3. The number of aromatic nitrogens is 1. The van der Waals surface area contributed by atoms with E-state index in [-0.39, 0.29) is 42.2 Å². The zero-order valence-electron chi connectivity index (χ0n) is 15.5. The zero-order valence-corrected chi connectivity index (χ0v) is 17.1. The number of amides is 2. The summed E-state index contributed by atoms with van der Waals surface area (Å²) < 4.78 is 0. The van der Waals surface area contributed by atoms with Crippen molar-refractivity contribution in [3.8, 4) is 0 Å². The first-order valence-corrected chi connectivity index (χ1v) is 9.26. The van der Waals surface area contributed by atoms with Gasteiger partial charge in [0.2, 0.25) is 5.91 Å². The van der Waals surface area contributed by atoms with Crippen molar-refractivity contribution in [2.45, 2.75) is 37.8 Å². The van der Waals surface area contributed by atoms with Gasteiger partial charge in [0.1, 0.15) is 5.69 Å². The van der Waals surface area contributed by atoms with Crippen LogP contribution in [0.5, 0.6) is 0 Å². The minimum Gasteiger partial charge on any atom is -0.351 e. The lowest BCUT2D eigenvalue weighted by Gasteiger charge is -2.34. The van der Waals surface area contributed by atoms with Crippen molar-refractivity contribution in [2.75, 3.05) is 14.1 Å². The first-order chi connectivity index (χ1) is 12.3. The average molecular weight is 413 g/mol. The molecule has 3 atom stereocenters. The van der Waals surface area contributed by atoms with Crippen LogP contribution in [0.3, 0.4) is 0 Å². The van der Waals surface area contributed by atoms with E-state index in [1.165, 1.54) is 0 Å². The normalized spacial score (nSPS) is 22.1. The molecule has 0 aliphatic heterocycles. The van der Waals surface area contributed by atoms with Gasteiger partial charge < -0.3 is 20.9 Å². The Balaban J connectivity index is 0.00000261. The number of hydrogen-bond donors (Lipinski definition) is 3. The molecule has 1 heterocycles. The van der Waals surface area contributed by atoms with Crippen LogP contribution < -0.4 is 11.1 Å². The van der Waals surface area contributed by atoms with Crippen molar-refractivity contribution in [1.29, 1.82) is 0 Å². The summed E-state index contributed by atoms with van der Waals surface area (Å²) in [7, 11) is 3.53. The number of aromatic amines is 1. The molecule has 1 aliphatic rings. The van der Waals surface area contributed by atoms with Crippen LogP contribution in [-0.2, 0) is 4.79 Å².